The highest BCUT2D eigenvalue weighted by Gasteiger charge is 2.38. The molecule has 2 aliphatic heterocycles. The first-order valence-corrected chi connectivity index (χ1v) is 16.9. The third-order valence-electron chi connectivity index (χ3n) is 9.86. The maximum Gasteiger partial charge on any atom is 0.264 e. The van der Waals surface area contributed by atoms with Crippen LogP contribution in [0.3, 0.4) is 0 Å². The molecule has 0 saturated heterocycles. The summed E-state index contributed by atoms with van der Waals surface area (Å²) >= 11 is 6.39. The lowest BCUT2D eigenvalue weighted by molar-refractivity contribution is 0.0461. The highest BCUT2D eigenvalue weighted by Crippen LogP contribution is 2.43. The van der Waals surface area contributed by atoms with Crippen molar-refractivity contribution in [2.45, 2.75) is 70.7 Å². The number of amides is 1. The molecule has 224 valence electrons. The lowest BCUT2D eigenvalue weighted by Crippen LogP contribution is -2.43. The number of ether oxygens (including phenoxy) is 1. The summed E-state index contributed by atoms with van der Waals surface area (Å²) in [4.78, 5) is 15.6. The molecule has 0 radical (unpaired) electrons. The average Bonchev–Trinajstić information content (AvgIpc) is 2.93. The molecule has 1 saturated carbocycles. The molecule has 2 unspecified atom stereocenters. The van der Waals surface area contributed by atoms with Crippen LogP contribution in [0.1, 0.15) is 69.7 Å². The maximum atomic E-state index is 13.3. The van der Waals surface area contributed by atoms with Gasteiger partial charge in [0.25, 0.3) is 5.91 Å². The Labute approximate surface area is 249 Å². The van der Waals surface area contributed by atoms with Gasteiger partial charge in [0, 0.05) is 29.1 Å². The zero-order valence-corrected chi connectivity index (χ0v) is 25.8. The number of carbonyl (C=O) groups excluding carboxylic acids is 1. The molecule has 0 spiro atoms. The van der Waals surface area contributed by atoms with Crippen molar-refractivity contribution in [3.8, 4) is 5.75 Å². The molecule has 2 N–H and O–H groups in total. The van der Waals surface area contributed by atoms with E-state index in [1.807, 2.05) is 25.2 Å². The fourth-order valence-corrected chi connectivity index (χ4v) is 8.05. The summed E-state index contributed by atoms with van der Waals surface area (Å²) in [6.07, 6.45) is 14.8. The van der Waals surface area contributed by atoms with Gasteiger partial charge >= 0.3 is 0 Å². The number of sulfonamides is 1. The van der Waals surface area contributed by atoms with E-state index in [1.54, 1.807) is 25.1 Å². The molecule has 41 heavy (non-hydrogen) atoms. The molecular formula is C32H43ClN2O5S. The average molecular weight is 603 g/mol. The minimum Gasteiger partial charge on any atom is -0.490 e. The fraction of sp³-hybridized carbons (Fsp3) is 0.594. The van der Waals surface area contributed by atoms with Gasteiger partial charge in [0.15, 0.2) is 0 Å². The molecule has 2 heterocycles. The summed E-state index contributed by atoms with van der Waals surface area (Å²) in [5.41, 5.74) is 0.837. The minimum atomic E-state index is -3.91. The third-order valence-corrected chi connectivity index (χ3v) is 12.0. The number of carbonyl (C=O) groups is 1. The van der Waals surface area contributed by atoms with E-state index in [-0.39, 0.29) is 28.7 Å². The number of hydrogen-bond donors (Lipinski definition) is 2. The van der Waals surface area contributed by atoms with Gasteiger partial charge in [0.1, 0.15) is 5.75 Å². The summed E-state index contributed by atoms with van der Waals surface area (Å²) in [6, 6.07) is 5.21. The summed E-state index contributed by atoms with van der Waals surface area (Å²) < 4.78 is 35.1. The molecule has 7 nitrogen and oxygen atoms in total. The molecule has 7 atom stereocenters. The Bertz CT molecular complexity index is 1340. The van der Waals surface area contributed by atoms with E-state index in [2.05, 4.69) is 28.7 Å². The van der Waals surface area contributed by atoms with Crippen molar-refractivity contribution in [1.82, 2.24) is 4.72 Å². The van der Waals surface area contributed by atoms with Crippen LogP contribution in [0.2, 0.25) is 0 Å². The van der Waals surface area contributed by atoms with Gasteiger partial charge in [-0.1, -0.05) is 56.2 Å². The van der Waals surface area contributed by atoms with E-state index in [4.69, 9.17) is 16.3 Å². The molecule has 5 rings (SSSR count). The Morgan fingerprint density at radius 1 is 1.17 bits per heavy atom. The van der Waals surface area contributed by atoms with Crippen LogP contribution in [-0.4, -0.2) is 50.5 Å². The lowest BCUT2D eigenvalue weighted by atomic mass is 9.70. The van der Waals surface area contributed by atoms with Crippen molar-refractivity contribution in [2.75, 3.05) is 24.6 Å². The molecule has 2 aliphatic carbocycles. The van der Waals surface area contributed by atoms with Crippen molar-refractivity contribution in [3.05, 3.63) is 59.2 Å². The van der Waals surface area contributed by atoms with Gasteiger partial charge in [-0.15, -0.1) is 0 Å². The fourth-order valence-electron chi connectivity index (χ4n) is 6.55. The van der Waals surface area contributed by atoms with E-state index in [0.717, 1.165) is 55.9 Å². The number of aliphatic hydroxyl groups is 1. The van der Waals surface area contributed by atoms with Crippen LogP contribution >= 0.6 is 11.6 Å². The van der Waals surface area contributed by atoms with E-state index in [0.29, 0.717) is 24.7 Å². The second kappa shape index (κ2) is 12.1. The number of benzene rings is 1. The monoisotopic (exact) mass is 602 g/mol. The zero-order chi connectivity index (χ0) is 29.4. The van der Waals surface area contributed by atoms with Gasteiger partial charge in [-0.3, -0.25) is 4.79 Å². The van der Waals surface area contributed by atoms with Crippen LogP contribution in [0.4, 0.5) is 5.69 Å². The summed E-state index contributed by atoms with van der Waals surface area (Å²) in [7, 11) is -3.91. The van der Waals surface area contributed by atoms with E-state index in [9.17, 15) is 18.3 Å². The molecule has 1 aromatic rings. The number of rotatable bonds is 0. The Hall–Kier alpha value is -2.29. The first-order valence-electron chi connectivity index (χ1n) is 15.0. The number of halogens is 1. The summed E-state index contributed by atoms with van der Waals surface area (Å²) in [5, 5.41) is 11.0. The quantitative estimate of drug-likeness (QED) is 0.364. The van der Waals surface area contributed by atoms with Crippen molar-refractivity contribution >= 4 is 33.2 Å². The van der Waals surface area contributed by atoms with E-state index >= 15 is 0 Å². The molecule has 1 amide bonds. The second-order valence-electron chi connectivity index (χ2n) is 12.7. The van der Waals surface area contributed by atoms with Gasteiger partial charge in [-0.2, -0.15) is 0 Å². The van der Waals surface area contributed by atoms with Crippen molar-refractivity contribution in [3.63, 3.8) is 0 Å². The first kappa shape index (κ1) is 30.2. The van der Waals surface area contributed by atoms with Gasteiger partial charge < -0.3 is 14.7 Å². The molecule has 1 aromatic carbocycles. The standard InChI is InChI=1S/C32H43ClN2O5S/c1-21-7-6-9-29(36)27-12-10-24(27)19-35-16-5-4-8-25-18-26(33)14-15-32(25,3)20-40-30-13-11-23(17-28(30)35)31(37)34-41(38,39)22(21)2/h6,9,11,13-15,17-18,21-22,24-25,27,29,36H,4-5,7-8,10,12,16,19-20H2,1-3H3,(H,34,37)/b9-6+/t21-,22-,24+,25?,27-,29+,32?/m1/s1. The predicted molar refractivity (Wildman–Crippen MR) is 164 cm³/mol. The number of nitrogens with one attached hydrogen (secondary N) is 1. The highest BCUT2D eigenvalue weighted by atomic mass is 35.5. The summed E-state index contributed by atoms with van der Waals surface area (Å²) in [5.74, 6) is 0.502. The van der Waals surface area contributed by atoms with Gasteiger partial charge in [0.2, 0.25) is 10.0 Å². The number of allylic oxidation sites excluding steroid dienone is 4. The maximum absolute atomic E-state index is 13.3. The topological polar surface area (TPSA) is 95.9 Å². The number of anilines is 1. The number of fused-ring (bicyclic) bond motifs is 3. The van der Waals surface area contributed by atoms with Gasteiger partial charge in [-0.05, 0) is 87.0 Å². The number of aliphatic hydroxyl groups excluding tert-OH is 1. The SMILES string of the molecule is C[C@@H]1C/C=C/[C@H](O)[C@@H]2CC[C@H]2CN2CCCCC3C=C(Cl)C=CC3(C)COc3ccc(cc32)C(=O)NS(=O)(=O)[C@@H]1C. The Kier molecular flexibility index (Phi) is 8.93. The molecule has 2 bridgehead atoms. The molecule has 9 heteroatoms. The van der Waals surface area contributed by atoms with Crippen LogP contribution < -0.4 is 14.4 Å². The van der Waals surface area contributed by atoms with Gasteiger partial charge in [0.05, 0.1) is 23.6 Å². The Balaban J connectivity index is 1.53. The van der Waals surface area contributed by atoms with Crippen molar-refractivity contribution in [1.29, 1.82) is 0 Å². The van der Waals surface area contributed by atoms with Crippen LogP contribution in [-0.2, 0) is 10.0 Å². The molecule has 0 aromatic heterocycles. The third kappa shape index (κ3) is 6.55. The lowest BCUT2D eigenvalue weighted by Gasteiger charge is -2.42. The molecular weight excluding hydrogens is 560 g/mol. The van der Waals surface area contributed by atoms with Crippen molar-refractivity contribution in [2.24, 2.45) is 29.1 Å². The minimum absolute atomic E-state index is 0.142. The first-order chi connectivity index (χ1) is 19.5. The highest BCUT2D eigenvalue weighted by molar-refractivity contribution is 7.90. The van der Waals surface area contributed by atoms with Crippen LogP contribution in [0, 0.1) is 29.1 Å². The second-order valence-corrected chi connectivity index (χ2v) is 15.2. The number of hydrogen-bond acceptors (Lipinski definition) is 6. The van der Waals surface area contributed by atoms with E-state index in [1.165, 1.54) is 0 Å². The van der Waals surface area contributed by atoms with E-state index < -0.39 is 27.3 Å². The molecule has 1 fully saturated rings. The smallest absolute Gasteiger partial charge is 0.264 e. The van der Waals surface area contributed by atoms with Crippen LogP contribution in [0.15, 0.2) is 53.6 Å². The Morgan fingerprint density at radius 3 is 2.73 bits per heavy atom. The largest absolute Gasteiger partial charge is 0.490 e. The van der Waals surface area contributed by atoms with Crippen molar-refractivity contribution < 1.29 is 23.1 Å². The molecule has 4 aliphatic rings. The Morgan fingerprint density at radius 2 is 1.98 bits per heavy atom. The van der Waals surface area contributed by atoms with Crippen LogP contribution in [0.25, 0.3) is 0 Å². The zero-order valence-electron chi connectivity index (χ0n) is 24.3. The predicted octanol–water partition coefficient (Wildman–Crippen LogP) is 5.80. The van der Waals surface area contributed by atoms with Gasteiger partial charge in [-0.25, -0.2) is 13.1 Å². The van der Waals surface area contributed by atoms with Crippen LogP contribution in [0.5, 0.6) is 5.75 Å². The normalized spacial score (nSPS) is 36.7. The number of nitrogens with zero attached hydrogens (tertiary/aromatic N) is 1. The summed E-state index contributed by atoms with van der Waals surface area (Å²) in [6.45, 7) is 7.61.